The van der Waals surface area contributed by atoms with Crippen LogP contribution in [0.3, 0.4) is 0 Å². The predicted molar refractivity (Wildman–Crippen MR) is 40.5 cm³/mol. The fourth-order valence-electron chi connectivity index (χ4n) is 0.806. The molecule has 0 aromatic carbocycles. The van der Waals surface area contributed by atoms with Crippen molar-refractivity contribution in [1.82, 2.24) is 0 Å². The number of nitriles is 1. The number of alkyl halides is 1. The van der Waals surface area contributed by atoms with Gasteiger partial charge in [0.2, 0.25) is 0 Å². The maximum atomic E-state index is 12.9. The van der Waals surface area contributed by atoms with E-state index in [1.807, 2.05) is 0 Å². The van der Waals surface area contributed by atoms with Crippen molar-refractivity contribution >= 4 is 5.87 Å². The van der Waals surface area contributed by atoms with Gasteiger partial charge in [-0.05, 0) is 23.4 Å². The highest BCUT2D eigenvalue weighted by Gasteiger charge is 2.12. The standard InChI is InChI=1S/C8H5FN2O/c9-8-3-6(4-10)1-2-7(8)5-11-12/h1-3,8,12H. The van der Waals surface area contributed by atoms with Gasteiger partial charge in [-0.25, -0.2) is 4.39 Å². The van der Waals surface area contributed by atoms with Crippen molar-refractivity contribution in [2.24, 2.45) is 5.16 Å². The first kappa shape index (κ1) is 8.25. The quantitative estimate of drug-likeness (QED) is 0.333. The van der Waals surface area contributed by atoms with Crippen LogP contribution in [0.1, 0.15) is 0 Å². The zero-order valence-corrected chi connectivity index (χ0v) is 6.03. The number of allylic oxidation sites excluding steroid dienone is 5. The molecule has 1 aliphatic rings. The first-order valence-electron chi connectivity index (χ1n) is 3.19. The van der Waals surface area contributed by atoms with Crippen molar-refractivity contribution < 1.29 is 9.60 Å². The number of halogens is 1. The second kappa shape index (κ2) is 3.51. The monoisotopic (exact) mass is 164 g/mol. The summed E-state index contributed by atoms with van der Waals surface area (Å²) in [5, 5.41) is 19.0. The minimum absolute atomic E-state index is 0.108. The molecule has 0 radical (unpaired) electrons. The smallest absolute Gasteiger partial charge is 0.154 e. The molecule has 0 spiro atoms. The van der Waals surface area contributed by atoms with Gasteiger partial charge in [0.1, 0.15) is 0 Å². The van der Waals surface area contributed by atoms with E-state index in [1.165, 1.54) is 12.2 Å². The summed E-state index contributed by atoms with van der Waals surface area (Å²) in [7, 11) is 0. The maximum Gasteiger partial charge on any atom is 0.154 e. The van der Waals surface area contributed by atoms with Crippen molar-refractivity contribution in [3.8, 4) is 6.07 Å². The fraction of sp³-hybridized carbons (Fsp3) is 0.125. The highest BCUT2D eigenvalue weighted by molar-refractivity contribution is 5.66. The third kappa shape index (κ3) is 1.60. The zero-order valence-electron chi connectivity index (χ0n) is 6.03. The zero-order chi connectivity index (χ0) is 8.97. The molecule has 0 fully saturated rings. The van der Waals surface area contributed by atoms with Crippen LogP contribution in [-0.2, 0) is 0 Å². The minimum Gasteiger partial charge on any atom is -0.404 e. The molecule has 1 atom stereocenters. The Labute approximate surface area is 68.4 Å². The lowest BCUT2D eigenvalue weighted by Crippen LogP contribution is -2.04. The lowest BCUT2D eigenvalue weighted by molar-refractivity contribution is 0.322. The molecule has 0 aromatic heterocycles. The largest absolute Gasteiger partial charge is 0.404 e. The summed E-state index contributed by atoms with van der Waals surface area (Å²) in [6, 6.07) is 1.80. The van der Waals surface area contributed by atoms with Crippen LogP contribution in [0.2, 0.25) is 0 Å². The average molecular weight is 164 g/mol. The van der Waals surface area contributed by atoms with E-state index in [9.17, 15) is 4.39 Å². The van der Waals surface area contributed by atoms with E-state index in [2.05, 4.69) is 11.0 Å². The molecule has 1 rings (SSSR count). The lowest BCUT2D eigenvalue weighted by atomic mass is 10.0. The van der Waals surface area contributed by atoms with Crippen molar-refractivity contribution in [2.75, 3.05) is 0 Å². The van der Waals surface area contributed by atoms with Crippen molar-refractivity contribution in [3.63, 3.8) is 0 Å². The van der Waals surface area contributed by atoms with Gasteiger partial charge in [-0.15, -0.1) is 0 Å². The van der Waals surface area contributed by atoms with E-state index in [0.29, 0.717) is 0 Å². The molecule has 4 heteroatoms. The summed E-state index contributed by atoms with van der Waals surface area (Å²) in [4.78, 5) is 0. The lowest BCUT2D eigenvalue weighted by Gasteiger charge is -2.05. The Balaban J connectivity index is 2.99. The van der Waals surface area contributed by atoms with Gasteiger partial charge in [0.25, 0.3) is 0 Å². The number of nitrogens with zero attached hydrogens (tertiary/aromatic N) is 2. The highest BCUT2D eigenvalue weighted by atomic mass is 19.1. The summed E-state index contributed by atoms with van der Waals surface area (Å²) >= 11 is 0. The minimum atomic E-state index is -1.42. The van der Waals surface area contributed by atoms with Crippen LogP contribution >= 0.6 is 0 Å². The molecule has 0 aromatic rings. The van der Waals surface area contributed by atoms with Crippen LogP contribution in [-0.4, -0.2) is 17.2 Å². The number of hydrogen-bond acceptors (Lipinski definition) is 3. The SMILES string of the molecule is N#CC1=CC(F)C(=C=NO)C=C1. The van der Waals surface area contributed by atoms with E-state index >= 15 is 0 Å². The molecule has 12 heavy (non-hydrogen) atoms. The van der Waals surface area contributed by atoms with Gasteiger partial charge in [-0.2, -0.15) is 5.26 Å². The maximum absolute atomic E-state index is 12.9. The van der Waals surface area contributed by atoms with Crippen LogP contribution in [0.15, 0.2) is 34.5 Å². The first-order valence-corrected chi connectivity index (χ1v) is 3.19. The van der Waals surface area contributed by atoms with E-state index < -0.39 is 6.17 Å². The highest BCUT2D eigenvalue weighted by Crippen LogP contribution is 2.16. The Morgan fingerprint density at radius 2 is 2.33 bits per heavy atom. The molecule has 1 unspecified atom stereocenters. The van der Waals surface area contributed by atoms with Gasteiger partial charge in [-0.3, -0.25) is 0 Å². The Morgan fingerprint density at radius 3 is 2.83 bits per heavy atom. The average Bonchev–Trinajstić information content (AvgIpc) is 2.09. The number of hydrogen-bond donors (Lipinski definition) is 1. The Morgan fingerprint density at radius 1 is 1.58 bits per heavy atom. The first-order chi connectivity index (χ1) is 5.77. The molecule has 3 nitrogen and oxygen atoms in total. The second-order valence-corrected chi connectivity index (χ2v) is 2.14. The predicted octanol–water partition coefficient (Wildman–Crippen LogP) is 1.33. The summed E-state index contributed by atoms with van der Waals surface area (Å²) in [5.74, 6) is 2.06. The molecule has 0 saturated heterocycles. The number of rotatable bonds is 0. The Bertz CT molecular complexity index is 343. The molecule has 1 N–H and O–H groups in total. The fourth-order valence-corrected chi connectivity index (χ4v) is 0.806. The summed E-state index contributed by atoms with van der Waals surface area (Å²) in [6.45, 7) is 0. The Hall–Kier alpha value is -1.85. The molecule has 0 amide bonds. The van der Waals surface area contributed by atoms with Gasteiger partial charge in [0, 0.05) is 5.87 Å². The Kier molecular flexibility index (Phi) is 2.42. The van der Waals surface area contributed by atoms with Crippen LogP contribution in [0, 0.1) is 11.3 Å². The van der Waals surface area contributed by atoms with Gasteiger partial charge in [0.05, 0.1) is 17.2 Å². The van der Waals surface area contributed by atoms with Crippen molar-refractivity contribution in [1.29, 1.82) is 5.26 Å². The van der Waals surface area contributed by atoms with Crippen molar-refractivity contribution in [2.45, 2.75) is 6.17 Å². The second-order valence-electron chi connectivity index (χ2n) is 2.14. The molecule has 60 valence electrons. The van der Waals surface area contributed by atoms with Gasteiger partial charge in [0.15, 0.2) is 6.17 Å². The molecule has 0 saturated carbocycles. The van der Waals surface area contributed by atoms with Gasteiger partial charge < -0.3 is 5.21 Å². The van der Waals surface area contributed by atoms with Crippen LogP contribution in [0.25, 0.3) is 0 Å². The molecule has 0 heterocycles. The molecular formula is C8H5FN2O. The normalized spacial score (nSPS) is 20.8. The third-order valence-corrected chi connectivity index (χ3v) is 1.37. The molecule has 1 aliphatic carbocycles. The summed E-state index contributed by atoms with van der Waals surface area (Å²) in [5.41, 5.74) is 0.363. The molecular weight excluding hydrogens is 159 g/mol. The van der Waals surface area contributed by atoms with Gasteiger partial charge in [-0.1, -0.05) is 0 Å². The molecule has 0 aliphatic heterocycles. The topological polar surface area (TPSA) is 56.4 Å². The van der Waals surface area contributed by atoms with Crippen LogP contribution in [0.5, 0.6) is 0 Å². The summed E-state index contributed by atoms with van der Waals surface area (Å²) < 4.78 is 12.9. The van der Waals surface area contributed by atoms with Crippen LogP contribution in [0.4, 0.5) is 4.39 Å². The van der Waals surface area contributed by atoms with Crippen LogP contribution < -0.4 is 0 Å². The third-order valence-electron chi connectivity index (χ3n) is 1.37. The molecule has 0 bridgehead atoms. The van der Waals surface area contributed by atoms with E-state index in [1.54, 1.807) is 6.07 Å². The van der Waals surface area contributed by atoms with E-state index in [4.69, 9.17) is 10.5 Å². The summed E-state index contributed by atoms with van der Waals surface area (Å²) in [6.07, 6.45) is 2.50. The van der Waals surface area contributed by atoms with E-state index in [0.717, 1.165) is 6.08 Å². The van der Waals surface area contributed by atoms with Gasteiger partial charge >= 0.3 is 0 Å². The van der Waals surface area contributed by atoms with Crippen molar-refractivity contribution in [3.05, 3.63) is 29.4 Å². The van der Waals surface area contributed by atoms with E-state index in [-0.39, 0.29) is 11.1 Å².